The Kier molecular flexibility index (Phi) is 15.6. The van der Waals surface area contributed by atoms with Crippen molar-refractivity contribution in [2.24, 2.45) is 27.9 Å². The molecule has 0 spiro atoms. The number of nitrogens with one attached hydrogen (secondary N) is 3. The van der Waals surface area contributed by atoms with Crippen molar-refractivity contribution in [3.63, 3.8) is 0 Å². The van der Waals surface area contributed by atoms with Gasteiger partial charge in [0, 0.05) is 19.4 Å². The lowest BCUT2D eigenvalue weighted by atomic mass is 10.0. The Bertz CT molecular complexity index is 1070. The summed E-state index contributed by atoms with van der Waals surface area (Å²) in [6, 6.07) is 1.28. The number of benzene rings is 1. The topological polar surface area (TPSA) is 278 Å². The Morgan fingerprint density at radius 1 is 0.878 bits per heavy atom. The second-order valence-corrected chi connectivity index (χ2v) is 10.2. The van der Waals surface area contributed by atoms with Crippen molar-refractivity contribution in [2.75, 3.05) is 18.6 Å². The van der Waals surface area contributed by atoms with Gasteiger partial charge in [-0.15, -0.1) is 0 Å². The molecule has 4 unspecified atom stereocenters. The lowest BCUT2D eigenvalue weighted by molar-refractivity contribution is -0.142. The summed E-state index contributed by atoms with van der Waals surface area (Å²) in [7, 11) is 0. The van der Waals surface area contributed by atoms with Gasteiger partial charge in [0.15, 0.2) is 5.96 Å². The van der Waals surface area contributed by atoms with Crippen molar-refractivity contribution in [1.82, 2.24) is 16.0 Å². The van der Waals surface area contributed by atoms with Crippen molar-refractivity contribution in [1.29, 1.82) is 0 Å². The van der Waals surface area contributed by atoms with Crippen LogP contribution in [-0.4, -0.2) is 88.5 Å². The number of aliphatic imine (C=N–C) groups is 1. The molecule has 0 heterocycles. The fraction of sp³-hybridized carbons (Fsp3) is 0.520. The number of hydrogen-bond donors (Lipinski definition) is 9. The minimum atomic E-state index is -1.44. The number of primary amides is 1. The first kappa shape index (κ1) is 35.0. The third kappa shape index (κ3) is 14.2. The van der Waals surface area contributed by atoms with E-state index in [0.29, 0.717) is 17.7 Å². The first-order valence-corrected chi connectivity index (χ1v) is 14.2. The molecule has 228 valence electrons. The van der Waals surface area contributed by atoms with Crippen LogP contribution in [0.5, 0.6) is 5.75 Å². The van der Waals surface area contributed by atoms with E-state index in [4.69, 9.17) is 22.9 Å². The number of phenolic OH excluding ortho intramolecular Hbond substituents is 1. The Labute approximate surface area is 242 Å². The molecule has 1 rings (SSSR count). The smallest absolute Gasteiger partial charge is 0.326 e. The van der Waals surface area contributed by atoms with Crippen LogP contribution in [0, 0.1) is 0 Å². The standard InChI is InChI=1S/C25H40N8O7S/c1-41-12-10-16(26)21(36)33-19(13-14-4-6-15(34)7-5-14)23(38)31-17(3-2-11-30-25(28)29)22(37)32-18(24(39)40)8-9-20(27)35/h4-7,16-19,34H,2-3,8-13,26H2,1H3,(H2,27,35)(H,31,38)(H,32,37)(H,33,36)(H,39,40)(H4,28,29,30). The molecule has 4 atom stereocenters. The van der Waals surface area contributed by atoms with Gasteiger partial charge < -0.3 is 49.1 Å². The molecule has 0 aliphatic rings. The number of aliphatic carboxylic acids is 1. The Hall–Kier alpha value is -4.05. The van der Waals surface area contributed by atoms with Crippen LogP contribution in [0.15, 0.2) is 29.3 Å². The molecule has 0 radical (unpaired) electrons. The first-order valence-electron chi connectivity index (χ1n) is 12.8. The van der Waals surface area contributed by atoms with Gasteiger partial charge in [-0.3, -0.25) is 24.2 Å². The quantitative estimate of drug-likeness (QED) is 0.0472. The van der Waals surface area contributed by atoms with Gasteiger partial charge in [-0.1, -0.05) is 12.1 Å². The van der Waals surface area contributed by atoms with Gasteiger partial charge in [-0.2, -0.15) is 11.8 Å². The van der Waals surface area contributed by atoms with E-state index in [1.165, 1.54) is 23.9 Å². The summed E-state index contributed by atoms with van der Waals surface area (Å²) in [6.07, 6.45) is 1.97. The maximum Gasteiger partial charge on any atom is 0.326 e. The van der Waals surface area contributed by atoms with E-state index < -0.39 is 53.8 Å². The minimum absolute atomic E-state index is 0.00576. The predicted octanol–water partition coefficient (Wildman–Crippen LogP) is -2.13. The van der Waals surface area contributed by atoms with Crippen molar-refractivity contribution in [3.8, 4) is 5.75 Å². The van der Waals surface area contributed by atoms with Gasteiger partial charge in [0.2, 0.25) is 23.6 Å². The fourth-order valence-corrected chi connectivity index (χ4v) is 4.08. The molecule has 16 heteroatoms. The van der Waals surface area contributed by atoms with Gasteiger partial charge in [0.1, 0.15) is 23.9 Å². The summed E-state index contributed by atoms with van der Waals surface area (Å²) in [5.41, 5.74) is 22.4. The molecule has 0 aromatic heterocycles. The summed E-state index contributed by atoms with van der Waals surface area (Å²) < 4.78 is 0. The van der Waals surface area contributed by atoms with Crippen LogP contribution in [0.1, 0.15) is 37.7 Å². The average molecular weight is 597 g/mol. The molecular weight excluding hydrogens is 556 g/mol. The SMILES string of the molecule is CSCCC(N)C(=O)NC(Cc1ccc(O)cc1)C(=O)NC(CCCN=C(N)N)C(=O)NC(CCC(N)=O)C(=O)O. The lowest BCUT2D eigenvalue weighted by Gasteiger charge is -2.25. The number of nitrogens with two attached hydrogens (primary N) is 4. The molecule has 0 aliphatic carbocycles. The van der Waals surface area contributed by atoms with Crippen LogP contribution < -0.4 is 38.9 Å². The van der Waals surface area contributed by atoms with Gasteiger partial charge >= 0.3 is 5.97 Å². The Balaban J connectivity index is 3.17. The van der Waals surface area contributed by atoms with E-state index in [9.17, 15) is 34.2 Å². The number of carbonyl (C=O) groups excluding carboxylic acids is 4. The zero-order valence-corrected chi connectivity index (χ0v) is 23.7. The molecule has 13 N–H and O–H groups in total. The zero-order valence-electron chi connectivity index (χ0n) is 22.9. The molecule has 1 aromatic rings. The third-order valence-corrected chi connectivity index (χ3v) is 6.50. The van der Waals surface area contributed by atoms with Crippen molar-refractivity contribution < 1.29 is 34.2 Å². The number of aromatic hydroxyl groups is 1. The highest BCUT2D eigenvalue weighted by Gasteiger charge is 2.30. The van der Waals surface area contributed by atoms with Crippen LogP contribution in [0.25, 0.3) is 0 Å². The van der Waals surface area contributed by atoms with Crippen LogP contribution in [0.3, 0.4) is 0 Å². The maximum absolute atomic E-state index is 13.4. The molecule has 0 saturated heterocycles. The summed E-state index contributed by atoms with van der Waals surface area (Å²) in [5, 5.41) is 26.6. The normalized spacial score (nSPS) is 13.6. The Morgan fingerprint density at radius 2 is 1.46 bits per heavy atom. The second-order valence-electron chi connectivity index (χ2n) is 9.23. The number of carbonyl (C=O) groups is 5. The molecule has 1 aromatic carbocycles. The van der Waals surface area contributed by atoms with Crippen LogP contribution >= 0.6 is 11.8 Å². The number of rotatable bonds is 19. The zero-order chi connectivity index (χ0) is 30.9. The van der Waals surface area contributed by atoms with Crippen LogP contribution in [0.4, 0.5) is 0 Å². The van der Waals surface area contributed by atoms with E-state index in [1.807, 2.05) is 6.26 Å². The van der Waals surface area contributed by atoms with Crippen LogP contribution in [0.2, 0.25) is 0 Å². The summed E-state index contributed by atoms with van der Waals surface area (Å²) in [4.78, 5) is 65.9. The molecule has 4 amide bonds. The van der Waals surface area contributed by atoms with Gasteiger partial charge in [0.25, 0.3) is 0 Å². The highest BCUT2D eigenvalue weighted by molar-refractivity contribution is 7.98. The highest BCUT2D eigenvalue weighted by Crippen LogP contribution is 2.12. The monoisotopic (exact) mass is 596 g/mol. The molecular formula is C25H40N8O7S. The van der Waals surface area contributed by atoms with Crippen molar-refractivity contribution >= 4 is 47.3 Å². The van der Waals surface area contributed by atoms with Gasteiger partial charge in [0.05, 0.1) is 6.04 Å². The number of carboxylic acids is 1. The second kappa shape index (κ2) is 18.3. The predicted molar refractivity (Wildman–Crippen MR) is 155 cm³/mol. The number of hydrogen-bond acceptors (Lipinski definition) is 9. The van der Waals surface area contributed by atoms with E-state index >= 15 is 0 Å². The van der Waals surface area contributed by atoms with Crippen LogP contribution in [-0.2, 0) is 30.4 Å². The van der Waals surface area contributed by atoms with Gasteiger partial charge in [-0.25, -0.2) is 4.79 Å². The van der Waals surface area contributed by atoms with E-state index in [0.717, 1.165) is 0 Å². The molecule has 0 fully saturated rings. The van der Waals surface area contributed by atoms with Crippen molar-refractivity contribution in [2.45, 2.75) is 62.7 Å². The number of guanidine groups is 1. The summed E-state index contributed by atoms with van der Waals surface area (Å²) in [5.74, 6) is -3.77. The minimum Gasteiger partial charge on any atom is -0.508 e. The molecule has 0 saturated carbocycles. The number of phenols is 1. The van der Waals surface area contributed by atoms with Gasteiger partial charge in [-0.05, 0) is 55.4 Å². The number of nitrogens with zero attached hydrogens (tertiary/aromatic N) is 1. The number of amides is 4. The first-order chi connectivity index (χ1) is 19.3. The maximum atomic E-state index is 13.4. The number of carboxylic acid groups (broad SMARTS) is 1. The summed E-state index contributed by atoms with van der Waals surface area (Å²) >= 11 is 1.51. The van der Waals surface area contributed by atoms with E-state index in [-0.39, 0.29) is 50.4 Å². The fourth-order valence-electron chi connectivity index (χ4n) is 3.59. The Morgan fingerprint density at radius 3 is 2.02 bits per heavy atom. The van der Waals surface area contributed by atoms with E-state index in [2.05, 4.69) is 20.9 Å². The molecule has 15 nitrogen and oxygen atoms in total. The summed E-state index contributed by atoms with van der Waals surface area (Å²) in [6.45, 7) is 0.129. The van der Waals surface area contributed by atoms with E-state index in [1.54, 1.807) is 12.1 Å². The van der Waals surface area contributed by atoms with Crippen molar-refractivity contribution in [3.05, 3.63) is 29.8 Å². The highest BCUT2D eigenvalue weighted by atomic mass is 32.2. The molecule has 0 bridgehead atoms. The largest absolute Gasteiger partial charge is 0.508 e. The third-order valence-electron chi connectivity index (χ3n) is 5.85. The lowest BCUT2D eigenvalue weighted by Crippen LogP contribution is -2.57. The molecule has 41 heavy (non-hydrogen) atoms. The molecule has 0 aliphatic heterocycles. The average Bonchev–Trinajstić information content (AvgIpc) is 2.91. The number of thioether (sulfide) groups is 1.